The van der Waals surface area contributed by atoms with Gasteiger partial charge in [-0.15, -0.1) is 0 Å². The van der Waals surface area contributed by atoms with Crippen LogP contribution in [0.2, 0.25) is 0 Å². The van der Waals surface area contributed by atoms with Gasteiger partial charge in [-0.2, -0.15) is 0 Å². The Hall–Kier alpha value is -2.62. The van der Waals surface area contributed by atoms with Gasteiger partial charge < -0.3 is 10.6 Å². The molecule has 0 saturated heterocycles. The lowest BCUT2D eigenvalue weighted by Crippen LogP contribution is -2.47. The first-order chi connectivity index (χ1) is 11.4. The predicted octanol–water partition coefficient (Wildman–Crippen LogP) is 2.95. The molecule has 0 atom stereocenters. The van der Waals surface area contributed by atoms with Crippen LogP contribution in [0.4, 0.5) is 0 Å². The van der Waals surface area contributed by atoms with Crippen molar-refractivity contribution in [1.82, 2.24) is 10.6 Å². The van der Waals surface area contributed by atoms with Crippen molar-refractivity contribution in [2.45, 2.75) is 33.9 Å². The van der Waals surface area contributed by atoms with Crippen molar-refractivity contribution in [3.05, 3.63) is 71.3 Å². The van der Waals surface area contributed by atoms with Gasteiger partial charge in [0, 0.05) is 13.1 Å². The number of carbonyl (C=O) groups excluding carboxylic acids is 2. The van der Waals surface area contributed by atoms with Crippen molar-refractivity contribution in [3.63, 3.8) is 0 Å². The first-order valence-electron chi connectivity index (χ1n) is 8.05. The summed E-state index contributed by atoms with van der Waals surface area (Å²) in [6, 6.07) is 17.6. The average molecular weight is 324 g/mol. The Morgan fingerprint density at radius 1 is 0.792 bits per heavy atom. The van der Waals surface area contributed by atoms with Gasteiger partial charge in [-0.1, -0.05) is 60.2 Å². The third kappa shape index (κ3) is 4.69. The van der Waals surface area contributed by atoms with Crippen molar-refractivity contribution in [3.8, 4) is 0 Å². The molecule has 0 radical (unpaired) electrons. The van der Waals surface area contributed by atoms with E-state index in [0.717, 1.165) is 11.1 Å². The largest absolute Gasteiger partial charge is 0.351 e. The van der Waals surface area contributed by atoms with E-state index in [9.17, 15) is 9.59 Å². The molecule has 4 heteroatoms. The van der Waals surface area contributed by atoms with E-state index in [2.05, 4.69) is 10.6 Å². The zero-order chi connectivity index (χ0) is 17.6. The Labute approximate surface area is 143 Å². The van der Waals surface area contributed by atoms with Crippen LogP contribution >= 0.6 is 0 Å². The van der Waals surface area contributed by atoms with Gasteiger partial charge in [-0.3, -0.25) is 9.59 Å². The fourth-order valence-electron chi connectivity index (χ4n) is 2.21. The van der Waals surface area contributed by atoms with E-state index in [1.807, 2.05) is 61.5 Å². The number of nitrogens with one attached hydrogen (secondary N) is 2. The molecule has 2 aromatic rings. The van der Waals surface area contributed by atoms with E-state index in [1.54, 1.807) is 13.8 Å². The molecule has 0 aliphatic carbocycles. The third-order valence-corrected chi connectivity index (χ3v) is 4.00. The molecule has 4 nitrogen and oxygen atoms in total. The summed E-state index contributed by atoms with van der Waals surface area (Å²) < 4.78 is 0. The maximum Gasteiger partial charge on any atom is 0.235 e. The molecule has 0 aliphatic heterocycles. The molecule has 2 amide bonds. The van der Waals surface area contributed by atoms with Crippen molar-refractivity contribution in [1.29, 1.82) is 0 Å². The van der Waals surface area contributed by atoms with Crippen LogP contribution in [-0.4, -0.2) is 11.8 Å². The SMILES string of the molecule is Cc1ccc(CNC(=O)C(C)(C)C(=O)NCc2ccccc2)cc1. The fourth-order valence-corrected chi connectivity index (χ4v) is 2.21. The number of hydrogen-bond donors (Lipinski definition) is 2. The summed E-state index contributed by atoms with van der Waals surface area (Å²) in [5.41, 5.74) is 2.06. The summed E-state index contributed by atoms with van der Waals surface area (Å²) in [4.78, 5) is 24.7. The molecule has 0 unspecified atom stereocenters. The number of hydrogen-bond acceptors (Lipinski definition) is 2. The van der Waals surface area contributed by atoms with E-state index in [1.165, 1.54) is 5.56 Å². The molecule has 2 rings (SSSR count). The lowest BCUT2D eigenvalue weighted by atomic mass is 9.91. The van der Waals surface area contributed by atoms with Crippen molar-refractivity contribution in [2.75, 3.05) is 0 Å². The second-order valence-corrected chi connectivity index (χ2v) is 6.46. The average Bonchev–Trinajstić information content (AvgIpc) is 2.59. The predicted molar refractivity (Wildman–Crippen MR) is 95.1 cm³/mol. The van der Waals surface area contributed by atoms with Crippen molar-refractivity contribution < 1.29 is 9.59 Å². The molecule has 2 aromatic carbocycles. The van der Waals surface area contributed by atoms with Crippen molar-refractivity contribution >= 4 is 11.8 Å². The zero-order valence-electron chi connectivity index (χ0n) is 14.4. The Bertz CT molecular complexity index is 691. The minimum atomic E-state index is -1.13. The first-order valence-corrected chi connectivity index (χ1v) is 8.05. The third-order valence-electron chi connectivity index (χ3n) is 4.00. The van der Waals surface area contributed by atoms with Crippen LogP contribution in [0.15, 0.2) is 54.6 Å². The van der Waals surface area contributed by atoms with Crippen LogP contribution in [0, 0.1) is 12.3 Å². The number of rotatable bonds is 6. The summed E-state index contributed by atoms with van der Waals surface area (Å²) >= 11 is 0. The standard InChI is InChI=1S/C20H24N2O2/c1-15-9-11-17(12-10-15)14-22-19(24)20(2,3)18(23)21-13-16-7-5-4-6-8-16/h4-12H,13-14H2,1-3H3,(H,21,23)(H,22,24). The topological polar surface area (TPSA) is 58.2 Å². The Morgan fingerprint density at radius 3 is 1.75 bits per heavy atom. The number of benzene rings is 2. The Balaban J connectivity index is 1.88. The van der Waals surface area contributed by atoms with Crippen LogP contribution < -0.4 is 10.6 Å². The van der Waals surface area contributed by atoms with E-state index >= 15 is 0 Å². The van der Waals surface area contributed by atoms with Crippen LogP contribution in [0.25, 0.3) is 0 Å². The number of aryl methyl sites for hydroxylation is 1. The minimum absolute atomic E-state index is 0.284. The van der Waals surface area contributed by atoms with E-state index in [4.69, 9.17) is 0 Å². The van der Waals surface area contributed by atoms with Crippen LogP contribution in [0.1, 0.15) is 30.5 Å². The lowest BCUT2D eigenvalue weighted by Gasteiger charge is -2.22. The summed E-state index contributed by atoms with van der Waals surface area (Å²) in [5, 5.41) is 5.66. The monoisotopic (exact) mass is 324 g/mol. The molecule has 24 heavy (non-hydrogen) atoms. The lowest BCUT2D eigenvalue weighted by molar-refractivity contribution is -0.141. The molecule has 0 saturated carbocycles. The summed E-state index contributed by atoms with van der Waals surface area (Å²) in [7, 11) is 0. The molecule has 0 bridgehead atoms. The molecule has 126 valence electrons. The van der Waals surface area contributed by atoms with Gasteiger partial charge in [0.25, 0.3) is 0 Å². The Morgan fingerprint density at radius 2 is 1.25 bits per heavy atom. The summed E-state index contributed by atoms with van der Waals surface area (Å²) in [6.07, 6.45) is 0. The van der Waals surface area contributed by atoms with Crippen molar-refractivity contribution in [2.24, 2.45) is 5.41 Å². The second kappa shape index (κ2) is 7.77. The smallest absolute Gasteiger partial charge is 0.235 e. The molecule has 0 fully saturated rings. The van der Waals surface area contributed by atoms with Gasteiger partial charge in [-0.05, 0) is 31.9 Å². The molecule has 0 heterocycles. The number of amides is 2. The molecule has 0 spiro atoms. The molecule has 2 N–H and O–H groups in total. The first kappa shape index (κ1) is 17.7. The molecule has 0 aromatic heterocycles. The second-order valence-electron chi connectivity index (χ2n) is 6.46. The van der Waals surface area contributed by atoms with Crippen LogP contribution in [-0.2, 0) is 22.7 Å². The van der Waals surface area contributed by atoms with E-state index in [-0.39, 0.29) is 11.8 Å². The highest BCUT2D eigenvalue weighted by molar-refractivity contribution is 6.04. The van der Waals surface area contributed by atoms with E-state index in [0.29, 0.717) is 13.1 Å². The maximum atomic E-state index is 12.4. The van der Waals surface area contributed by atoms with Gasteiger partial charge in [-0.25, -0.2) is 0 Å². The van der Waals surface area contributed by atoms with Crippen LogP contribution in [0.3, 0.4) is 0 Å². The van der Waals surface area contributed by atoms with Gasteiger partial charge in [0.1, 0.15) is 5.41 Å². The highest BCUT2D eigenvalue weighted by Gasteiger charge is 2.35. The normalized spacial score (nSPS) is 11.0. The van der Waals surface area contributed by atoms with Gasteiger partial charge in [0.2, 0.25) is 11.8 Å². The summed E-state index contributed by atoms with van der Waals surface area (Å²) in [5.74, 6) is -0.568. The van der Waals surface area contributed by atoms with E-state index < -0.39 is 5.41 Å². The quantitative estimate of drug-likeness (QED) is 0.803. The number of carbonyl (C=O) groups is 2. The maximum absolute atomic E-state index is 12.4. The van der Waals surface area contributed by atoms with Gasteiger partial charge >= 0.3 is 0 Å². The Kier molecular flexibility index (Phi) is 5.74. The fraction of sp³-hybridized carbons (Fsp3) is 0.300. The highest BCUT2D eigenvalue weighted by Crippen LogP contribution is 2.16. The summed E-state index contributed by atoms with van der Waals surface area (Å²) in [6.45, 7) is 6.11. The molecular weight excluding hydrogens is 300 g/mol. The highest BCUT2D eigenvalue weighted by atomic mass is 16.2. The molecular formula is C20H24N2O2. The molecule has 0 aliphatic rings. The van der Waals surface area contributed by atoms with Gasteiger partial charge in [0.15, 0.2) is 0 Å². The minimum Gasteiger partial charge on any atom is -0.351 e. The van der Waals surface area contributed by atoms with Crippen LogP contribution in [0.5, 0.6) is 0 Å². The van der Waals surface area contributed by atoms with Gasteiger partial charge in [0.05, 0.1) is 0 Å². The zero-order valence-corrected chi connectivity index (χ0v) is 14.4.